The first-order valence-corrected chi connectivity index (χ1v) is 10.2. The zero-order valence-electron chi connectivity index (χ0n) is 17.9. The van der Waals surface area contributed by atoms with Crippen molar-refractivity contribution >= 4 is 6.09 Å². The summed E-state index contributed by atoms with van der Waals surface area (Å²) in [6.07, 6.45) is 1.65. The lowest BCUT2D eigenvalue weighted by Gasteiger charge is -2.49. The molecule has 156 valence electrons. The second-order valence-electron chi connectivity index (χ2n) is 9.10. The van der Waals surface area contributed by atoms with Crippen LogP contribution in [0.15, 0.2) is 24.3 Å². The summed E-state index contributed by atoms with van der Waals surface area (Å²) in [5.74, 6) is 0.880. The molecule has 2 fully saturated rings. The fraction of sp³-hybridized carbons (Fsp3) is 0.682. The standard InChI is InChI=1S/C22H34N2O4/c1-17-14-23(15-18-6-8-19(26-5)9-7-18)16-22(27-17)10-12-24(13-11-22)20(25)28-21(2,3)4/h6-9,17H,10-16H2,1-5H3. The minimum Gasteiger partial charge on any atom is -0.497 e. The number of morpholine rings is 1. The number of rotatable bonds is 3. The van der Waals surface area contributed by atoms with Gasteiger partial charge in [0, 0.05) is 32.7 Å². The maximum Gasteiger partial charge on any atom is 0.410 e. The normalized spacial score (nSPS) is 22.9. The molecule has 0 aliphatic carbocycles. The van der Waals surface area contributed by atoms with Gasteiger partial charge in [0.25, 0.3) is 0 Å². The molecule has 1 aromatic rings. The number of methoxy groups -OCH3 is 1. The molecule has 0 bridgehead atoms. The second-order valence-corrected chi connectivity index (χ2v) is 9.10. The highest BCUT2D eigenvalue weighted by Gasteiger charge is 2.43. The van der Waals surface area contributed by atoms with Gasteiger partial charge in [0.2, 0.25) is 0 Å². The van der Waals surface area contributed by atoms with Crippen LogP contribution in [0.2, 0.25) is 0 Å². The van der Waals surface area contributed by atoms with Gasteiger partial charge in [0.15, 0.2) is 0 Å². The number of hydrogen-bond acceptors (Lipinski definition) is 5. The van der Waals surface area contributed by atoms with E-state index in [1.165, 1.54) is 5.56 Å². The van der Waals surface area contributed by atoms with Crippen LogP contribution in [0.4, 0.5) is 4.79 Å². The van der Waals surface area contributed by atoms with E-state index in [-0.39, 0.29) is 17.8 Å². The third kappa shape index (κ3) is 5.39. The lowest BCUT2D eigenvalue weighted by molar-refractivity contribution is -0.170. The highest BCUT2D eigenvalue weighted by molar-refractivity contribution is 5.68. The molecule has 0 N–H and O–H groups in total. The molecule has 1 amide bonds. The first-order chi connectivity index (χ1) is 13.2. The molecule has 0 saturated carbocycles. The molecule has 1 atom stereocenters. The molecule has 1 spiro atoms. The molecule has 0 radical (unpaired) electrons. The number of amides is 1. The van der Waals surface area contributed by atoms with Gasteiger partial charge in [0.05, 0.1) is 18.8 Å². The predicted octanol–water partition coefficient (Wildman–Crippen LogP) is 3.69. The highest BCUT2D eigenvalue weighted by atomic mass is 16.6. The minimum absolute atomic E-state index is 0.178. The van der Waals surface area contributed by atoms with Crippen LogP contribution in [0.1, 0.15) is 46.1 Å². The van der Waals surface area contributed by atoms with E-state index < -0.39 is 5.60 Å². The molecule has 1 aromatic carbocycles. The SMILES string of the molecule is COc1ccc(CN2CC(C)OC3(CCN(C(=O)OC(C)(C)C)CC3)C2)cc1. The van der Waals surface area contributed by atoms with E-state index in [2.05, 4.69) is 24.0 Å². The van der Waals surface area contributed by atoms with Crippen LogP contribution >= 0.6 is 0 Å². The summed E-state index contributed by atoms with van der Waals surface area (Å²) in [6.45, 7) is 11.9. The summed E-state index contributed by atoms with van der Waals surface area (Å²) in [4.78, 5) is 16.6. The number of piperidine rings is 1. The third-order valence-corrected chi connectivity index (χ3v) is 5.37. The molecule has 3 rings (SSSR count). The Balaban J connectivity index is 1.59. The van der Waals surface area contributed by atoms with Gasteiger partial charge in [-0.05, 0) is 58.2 Å². The predicted molar refractivity (Wildman–Crippen MR) is 109 cm³/mol. The third-order valence-electron chi connectivity index (χ3n) is 5.37. The van der Waals surface area contributed by atoms with Crippen LogP contribution in [0.3, 0.4) is 0 Å². The topological polar surface area (TPSA) is 51.2 Å². The molecular formula is C22H34N2O4. The molecular weight excluding hydrogens is 356 g/mol. The van der Waals surface area contributed by atoms with Crippen LogP contribution in [-0.4, -0.2) is 66.5 Å². The van der Waals surface area contributed by atoms with E-state index >= 15 is 0 Å². The second kappa shape index (κ2) is 8.29. The van der Waals surface area contributed by atoms with Gasteiger partial charge in [-0.3, -0.25) is 4.90 Å². The molecule has 28 heavy (non-hydrogen) atoms. The highest BCUT2D eigenvalue weighted by Crippen LogP contribution is 2.33. The number of likely N-dealkylation sites (tertiary alicyclic amines) is 1. The van der Waals surface area contributed by atoms with Crippen LogP contribution in [-0.2, 0) is 16.0 Å². The lowest BCUT2D eigenvalue weighted by Crippen LogP contribution is -2.59. The van der Waals surface area contributed by atoms with Crippen molar-refractivity contribution in [2.45, 2.75) is 64.4 Å². The van der Waals surface area contributed by atoms with Crippen molar-refractivity contribution in [1.82, 2.24) is 9.80 Å². The average molecular weight is 391 g/mol. The number of carbonyl (C=O) groups excluding carboxylic acids is 1. The Labute approximate surface area is 168 Å². The Kier molecular flexibility index (Phi) is 6.20. The van der Waals surface area contributed by atoms with Crippen LogP contribution < -0.4 is 4.74 Å². The van der Waals surface area contributed by atoms with E-state index in [0.29, 0.717) is 13.1 Å². The molecule has 6 heteroatoms. The van der Waals surface area contributed by atoms with Gasteiger partial charge in [0.1, 0.15) is 11.4 Å². The van der Waals surface area contributed by atoms with E-state index in [0.717, 1.165) is 38.2 Å². The largest absolute Gasteiger partial charge is 0.497 e. The molecule has 6 nitrogen and oxygen atoms in total. The summed E-state index contributed by atoms with van der Waals surface area (Å²) in [5.41, 5.74) is 0.635. The van der Waals surface area contributed by atoms with Crippen molar-refractivity contribution in [1.29, 1.82) is 0 Å². The quantitative estimate of drug-likeness (QED) is 0.788. The van der Waals surface area contributed by atoms with Gasteiger partial charge in [-0.15, -0.1) is 0 Å². The molecule has 2 aliphatic heterocycles. The van der Waals surface area contributed by atoms with Crippen molar-refractivity contribution in [2.24, 2.45) is 0 Å². The summed E-state index contributed by atoms with van der Waals surface area (Å²) in [7, 11) is 1.69. The Hall–Kier alpha value is -1.79. The van der Waals surface area contributed by atoms with Gasteiger partial charge in [-0.1, -0.05) is 12.1 Å². The summed E-state index contributed by atoms with van der Waals surface area (Å²) < 4.78 is 17.2. The number of hydrogen-bond donors (Lipinski definition) is 0. The number of nitrogens with zero attached hydrogens (tertiary/aromatic N) is 2. The Morgan fingerprint density at radius 2 is 1.86 bits per heavy atom. The van der Waals surface area contributed by atoms with Crippen molar-refractivity contribution in [3.05, 3.63) is 29.8 Å². The van der Waals surface area contributed by atoms with Crippen LogP contribution in [0.25, 0.3) is 0 Å². The van der Waals surface area contributed by atoms with Crippen molar-refractivity contribution in [3.63, 3.8) is 0 Å². The maximum atomic E-state index is 12.3. The Bertz CT molecular complexity index is 660. The molecule has 2 aliphatic rings. The fourth-order valence-electron chi connectivity index (χ4n) is 4.15. The maximum absolute atomic E-state index is 12.3. The smallest absolute Gasteiger partial charge is 0.410 e. The number of benzene rings is 1. The lowest BCUT2D eigenvalue weighted by atomic mass is 9.88. The van der Waals surface area contributed by atoms with Gasteiger partial charge < -0.3 is 19.1 Å². The minimum atomic E-state index is -0.461. The first-order valence-electron chi connectivity index (χ1n) is 10.2. The van der Waals surface area contributed by atoms with E-state index in [4.69, 9.17) is 14.2 Å². The zero-order valence-corrected chi connectivity index (χ0v) is 17.9. The van der Waals surface area contributed by atoms with Crippen LogP contribution in [0.5, 0.6) is 5.75 Å². The molecule has 0 aromatic heterocycles. The number of ether oxygens (including phenoxy) is 3. The zero-order chi connectivity index (χ0) is 20.4. The van der Waals surface area contributed by atoms with Crippen LogP contribution in [0, 0.1) is 0 Å². The van der Waals surface area contributed by atoms with Crippen molar-refractivity contribution in [3.8, 4) is 5.75 Å². The monoisotopic (exact) mass is 390 g/mol. The van der Waals surface area contributed by atoms with E-state index in [9.17, 15) is 4.79 Å². The summed E-state index contributed by atoms with van der Waals surface area (Å²) >= 11 is 0. The number of carbonyl (C=O) groups is 1. The van der Waals surface area contributed by atoms with Crippen molar-refractivity contribution in [2.75, 3.05) is 33.3 Å². The molecule has 2 saturated heterocycles. The van der Waals surface area contributed by atoms with E-state index in [1.807, 2.05) is 37.8 Å². The summed E-state index contributed by atoms with van der Waals surface area (Å²) in [5, 5.41) is 0. The summed E-state index contributed by atoms with van der Waals surface area (Å²) in [6, 6.07) is 8.26. The van der Waals surface area contributed by atoms with Gasteiger partial charge in [-0.2, -0.15) is 0 Å². The Morgan fingerprint density at radius 1 is 1.21 bits per heavy atom. The van der Waals surface area contributed by atoms with Crippen molar-refractivity contribution < 1.29 is 19.0 Å². The van der Waals surface area contributed by atoms with E-state index in [1.54, 1.807) is 7.11 Å². The average Bonchev–Trinajstić information content (AvgIpc) is 2.61. The van der Waals surface area contributed by atoms with Gasteiger partial charge >= 0.3 is 6.09 Å². The Morgan fingerprint density at radius 3 is 2.43 bits per heavy atom. The molecule has 1 unspecified atom stereocenters. The van der Waals surface area contributed by atoms with Gasteiger partial charge in [-0.25, -0.2) is 4.79 Å². The first kappa shape index (κ1) is 20.9. The molecule has 2 heterocycles. The fourth-order valence-corrected chi connectivity index (χ4v) is 4.15.